The van der Waals surface area contributed by atoms with Gasteiger partial charge < -0.3 is 5.32 Å². The van der Waals surface area contributed by atoms with Gasteiger partial charge in [0.2, 0.25) is 5.91 Å². The average molecular weight is 230 g/mol. The standard InChI is InChI=1S/C14H18N2O/c1-12(13-8-4-2-5-9-13)14(17)16-11-7-3-6-10-15/h2,4-5,8-9,12H,3,6-7,11H2,1H3,(H,16,17). The highest BCUT2D eigenvalue weighted by atomic mass is 16.1. The fourth-order valence-electron chi connectivity index (χ4n) is 1.59. The zero-order valence-electron chi connectivity index (χ0n) is 10.1. The lowest BCUT2D eigenvalue weighted by atomic mass is 10.0. The number of amides is 1. The predicted octanol–water partition coefficient (Wildman–Crippen LogP) is 2.60. The first-order valence-electron chi connectivity index (χ1n) is 5.95. The SMILES string of the molecule is CC(C(=O)NCCCCC#N)c1ccccc1. The molecule has 0 heterocycles. The van der Waals surface area contributed by atoms with Crippen molar-refractivity contribution in [1.82, 2.24) is 5.32 Å². The maximum absolute atomic E-state index is 11.8. The molecule has 1 unspecified atom stereocenters. The second-order valence-electron chi connectivity index (χ2n) is 4.04. The van der Waals surface area contributed by atoms with Crippen LogP contribution in [0.25, 0.3) is 0 Å². The largest absolute Gasteiger partial charge is 0.356 e. The molecule has 0 radical (unpaired) electrons. The number of nitrogens with one attached hydrogen (secondary N) is 1. The van der Waals surface area contributed by atoms with Crippen LogP contribution < -0.4 is 5.32 Å². The van der Waals surface area contributed by atoms with E-state index in [1.54, 1.807) is 0 Å². The Morgan fingerprint density at radius 3 is 2.71 bits per heavy atom. The second kappa shape index (κ2) is 7.45. The van der Waals surface area contributed by atoms with Crippen molar-refractivity contribution in [2.24, 2.45) is 0 Å². The molecule has 0 bridgehead atoms. The van der Waals surface area contributed by atoms with Gasteiger partial charge in [-0.05, 0) is 25.3 Å². The Hall–Kier alpha value is -1.82. The topological polar surface area (TPSA) is 52.9 Å². The van der Waals surface area contributed by atoms with Crippen LogP contribution in [0.1, 0.15) is 37.7 Å². The third-order valence-electron chi connectivity index (χ3n) is 2.71. The normalized spacial score (nSPS) is 11.5. The molecule has 0 saturated heterocycles. The molecule has 0 fully saturated rings. The molecular formula is C14H18N2O. The molecule has 0 aliphatic rings. The van der Waals surface area contributed by atoms with E-state index in [0.29, 0.717) is 13.0 Å². The molecule has 90 valence electrons. The predicted molar refractivity (Wildman–Crippen MR) is 67.3 cm³/mol. The Morgan fingerprint density at radius 2 is 2.06 bits per heavy atom. The van der Waals surface area contributed by atoms with Gasteiger partial charge in [0.25, 0.3) is 0 Å². The summed E-state index contributed by atoms with van der Waals surface area (Å²) in [5.74, 6) is -0.0691. The summed E-state index contributed by atoms with van der Waals surface area (Å²) in [7, 11) is 0. The molecule has 0 aliphatic heterocycles. The smallest absolute Gasteiger partial charge is 0.227 e. The number of hydrogen-bond acceptors (Lipinski definition) is 2. The molecule has 1 atom stereocenters. The number of rotatable bonds is 6. The molecule has 3 nitrogen and oxygen atoms in total. The molecule has 1 amide bonds. The number of benzene rings is 1. The van der Waals surface area contributed by atoms with Gasteiger partial charge in [-0.1, -0.05) is 30.3 Å². The van der Waals surface area contributed by atoms with E-state index in [0.717, 1.165) is 18.4 Å². The van der Waals surface area contributed by atoms with Crippen molar-refractivity contribution in [3.8, 4) is 6.07 Å². The summed E-state index contributed by atoms with van der Waals surface area (Å²) in [6.07, 6.45) is 2.27. The van der Waals surface area contributed by atoms with E-state index in [1.165, 1.54) is 0 Å². The van der Waals surface area contributed by atoms with E-state index in [9.17, 15) is 4.79 Å². The lowest BCUT2D eigenvalue weighted by Crippen LogP contribution is -2.28. The van der Waals surface area contributed by atoms with Crippen molar-refractivity contribution in [2.75, 3.05) is 6.54 Å². The summed E-state index contributed by atoms with van der Waals surface area (Å²) in [6.45, 7) is 2.55. The van der Waals surface area contributed by atoms with Crippen molar-refractivity contribution in [3.63, 3.8) is 0 Å². The molecule has 0 aliphatic carbocycles. The van der Waals surface area contributed by atoms with Gasteiger partial charge in [-0.2, -0.15) is 5.26 Å². The van der Waals surface area contributed by atoms with Gasteiger partial charge in [0.1, 0.15) is 0 Å². The van der Waals surface area contributed by atoms with Crippen LogP contribution in [0, 0.1) is 11.3 Å². The monoisotopic (exact) mass is 230 g/mol. The fraction of sp³-hybridized carbons (Fsp3) is 0.429. The molecule has 0 saturated carbocycles. The van der Waals surface area contributed by atoms with E-state index in [1.807, 2.05) is 37.3 Å². The van der Waals surface area contributed by atoms with E-state index in [4.69, 9.17) is 5.26 Å². The molecule has 0 aromatic heterocycles. The van der Waals surface area contributed by atoms with Gasteiger partial charge in [0.15, 0.2) is 0 Å². The lowest BCUT2D eigenvalue weighted by molar-refractivity contribution is -0.122. The Kier molecular flexibility index (Phi) is 5.81. The first-order valence-corrected chi connectivity index (χ1v) is 5.95. The van der Waals surface area contributed by atoms with E-state index in [2.05, 4.69) is 11.4 Å². The Labute approximate surface area is 102 Å². The van der Waals surface area contributed by atoms with Crippen LogP contribution in [0.2, 0.25) is 0 Å². The number of nitrogens with zero attached hydrogens (tertiary/aromatic N) is 1. The van der Waals surface area contributed by atoms with Crippen molar-refractivity contribution in [3.05, 3.63) is 35.9 Å². The molecule has 3 heteroatoms. The maximum Gasteiger partial charge on any atom is 0.227 e. The van der Waals surface area contributed by atoms with Gasteiger partial charge in [-0.25, -0.2) is 0 Å². The van der Waals surface area contributed by atoms with E-state index < -0.39 is 0 Å². The van der Waals surface area contributed by atoms with Gasteiger partial charge in [-0.15, -0.1) is 0 Å². The average Bonchev–Trinajstić information content (AvgIpc) is 2.38. The highest BCUT2D eigenvalue weighted by Crippen LogP contribution is 2.14. The summed E-state index contributed by atoms with van der Waals surface area (Å²) >= 11 is 0. The van der Waals surface area contributed by atoms with Gasteiger partial charge in [0.05, 0.1) is 12.0 Å². The van der Waals surface area contributed by atoms with E-state index in [-0.39, 0.29) is 11.8 Å². The summed E-state index contributed by atoms with van der Waals surface area (Å²) in [5.41, 5.74) is 1.03. The van der Waals surface area contributed by atoms with Crippen LogP contribution in [0.3, 0.4) is 0 Å². The Balaban J connectivity index is 2.31. The van der Waals surface area contributed by atoms with Crippen molar-refractivity contribution < 1.29 is 4.79 Å². The zero-order chi connectivity index (χ0) is 12.5. The van der Waals surface area contributed by atoms with Crippen LogP contribution in [0.4, 0.5) is 0 Å². The van der Waals surface area contributed by atoms with Gasteiger partial charge in [-0.3, -0.25) is 4.79 Å². The minimum atomic E-state index is -0.118. The van der Waals surface area contributed by atoms with Crippen molar-refractivity contribution in [2.45, 2.75) is 32.1 Å². The van der Waals surface area contributed by atoms with Crippen LogP contribution in [-0.2, 0) is 4.79 Å². The molecule has 1 rings (SSSR count). The first kappa shape index (κ1) is 13.2. The summed E-state index contributed by atoms with van der Waals surface area (Å²) in [5, 5.41) is 11.3. The minimum Gasteiger partial charge on any atom is -0.356 e. The van der Waals surface area contributed by atoms with Crippen molar-refractivity contribution in [1.29, 1.82) is 5.26 Å². The zero-order valence-corrected chi connectivity index (χ0v) is 10.1. The molecule has 17 heavy (non-hydrogen) atoms. The van der Waals surface area contributed by atoms with Crippen LogP contribution >= 0.6 is 0 Å². The van der Waals surface area contributed by atoms with E-state index >= 15 is 0 Å². The number of nitriles is 1. The third-order valence-corrected chi connectivity index (χ3v) is 2.71. The fourth-order valence-corrected chi connectivity index (χ4v) is 1.59. The molecule has 1 aromatic carbocycles. The molecule has 1 N–H and O–H groups in total. The van der Waals surface area contributed by atoms with Crippen LogP contribution in [0.5, 0.6) is 0 Å². The van der Waals surface area contributed by atoms with Crippen LogP contribution in [0.15, 0.2) is 30.3 Å². The van der Waals surface area contributed by atoms with Gasteiger partial charge >= 0.3 is 0 Å². The minimum absolute atomic E-state index is 0.0492. The van der Waals surface area contributed by atoms with Crippen molar-refractivity contribution >= 4 is 5.91 Å². The first-order chi connectivity index (χ1) is 8.25. The van der Waals surface area contributed by atoms with Crippen LogP contribution in [-0.4, -0.2) is 12.5 Å². The summed E-state index contributed by atoms with van der Waals surface area (Å²) < 4.78 is 0. The van der Waals surface area contributed by atoms with Gasteiger partial charge in [0, 0.05) is 13.0 Å². The number of unbranched alkanes of at least 4 members (excludes halogenated alkanes) is 2. The molecule has 1 aromatic rings. The summed E-state index contributed by atoms with van der Waals surface area (Å²) in [6, 6.07) is 11.8. The third kappa shape index (κ3) is 4.69. The number of carbonyl (C=O) groups excluding carboxylic acids is 1. The molecule has 0 spiro atoms. The highest BCUT2D eigenvalue weighted by molar-refractivity contribution is 5.83. The maximum atomic E-state index is 11.8. The number of carbonyl (C=O) groups is 1. The quantitative estimate of drug-likeness (QED) is 0.764. The highest BCUT2D eigenvalue weighted by Gasteiger charge is 2.13. The Bertz CT molecular complexity index is 381. The lowest BCUT2D eigenvalue weighted by Gasteiger charge is -2.12. The Morgan fingerprint density at radius 1 is 1.35 bits per heavy atom. The summed E-state index contributed by atoms with van der Waals surface area (Å²) in [4.78, 5) is 11.8. The number of hydrogen-bond donors (Lipinski definition) is 1. The second-order valence-corrected chi connectivity index (χ2v) is 4.04. The molecular weight excluding hydrogens is 212 g/mol.